The van der Waals surface area contributed by atoms with Crippen LogP contribution in [0.15, 0.2) is 40.8 Å². The summed E-state index contributed by atoms with van der Waals surface area (Å²) in [5.74, 6) is 1.48. The molecule has 1 amide bonds. The number of aryl methyl sites for hydroxylation is 1. The lowest BCUT2D eigenvalue weighted by atomic mass is 10.2. The van der Waals surface area contributed by atoms with Gasteiger partial charge in [-0.2, -0.15) is 0 Å². The summed E-state index contributed by atoms with van der Waals surface area (Å²) in [4.78, 5) is 12.0. The summed E-state index contributed by atoms with van der Waals surface area (Å²) < 4.78 is 16.7. The van der Waals surface area contributed by atoms with Crippen LogP contribution in [0, 0.1) is 6.92 Å². The van der Waals surface area contributed by atoms with Gasteiger partial charge in [-0.1, -0.05) is 12.1 Å². The molecule has 1 saturated heterocycles. The van der Waals surface area contributed by atoms with Crippen LogP contribution in [-0.4, -0.2) is 25.2 Å². The third-order valence-corrected chi connectivity index (χ3v) is 3.77. The molecule has 1 fully saturated rings. The molecule has 1 atom stereocenters. The maximum absolute atomic E-state index is 12.0. The van der Waals surface area contributed by atoms with Crippen molar-refractivity contribution in [2.45, 2.75) is 32.5 Å². The van der Waals surface area contributed by atoms with Gasteiger partial charge in [-0.05, 0) is 49.6 Å². The first-order valence-electron chi connectivity index (χ1n) is 7.89. The van der Waals surface area contributed by atoms with E-state index in [1.54, 1.807) is 12.1 Å². The Morgan fingerprint density at radius 2 is 2.26 bits per heavy atom. The Labute approximate surface area is 135 Å². The van der Waals surface area contributed by atoms with Gasteiger partial charge in [0.15, 0.2) is 5.76 Å². The smallest absolute Gasteiger partial charge is 0.287 e. The van der Waals surface area contributed by atoms with Gasteiger partial charge in [0.2, 0.25) is 0 Å². The van der Waals surface area contributed by atoms with Gasteiger partial charge in [-0.15, -0.1) is 0 Å². The molecule has 0 aliphatic carbocycles. The molecule has 0 bridgehead atoms. The maximum atomic E-state index is 12.0. The van der Waals surface area contributed by atoms with Crippen molar-refractivity contribution >= 4 is 5.91 Å². The number of carbonyl (C=O) groups excluding carboxylic acids is 1. The summed E-state index contributed by atoms with van der Waals surface area (Å²) in [5.41, 5.74) is 1.14. The molecule has 1 unspecified atom stereocenters. The van der Waals surface area contributed by atoms with Crippen LogP contribution in [0.3, 0.4) is 0 Å². The van der Waals surface area contributed by atoms with E-state index >= 15 is 0 Å². The second kappa shape index (κ2) is 7.33. The lowest BCUT2D eigenvalue weighted by Crippen LogP contribution is -2.31. The van der Waals surface area contributed by atoms with E-state index < -0.39 is 0 Å². The van der Waals surface area contributed by atoms with Gasteiger partial charge in [0.1, 0.15) is 18.1 Å². The van der Waals surface area contributed by atoms with Crippen molar-refractivity contribution in [2.24, 2.45) is 0 Å². The molecule has 1 aromatic carbocycles. The summed E-state index contributed by atoms with van der Waals surface area (Å²) >= 11 is 0. The van der Waals surface area contributed by atoms with E-state index in [1.807, 2.05) is 31.2 Å². The molecule has 122 valence electrons. The topological polar surface area (TPSA) is 60.7 Å². The number of hydrogen-bond donors (Lipinski definition) is 1. The van der Waals surface area contributed by atoms with E-state index in [-0.39, 0.29) is 12.0 Å². The third kappa shape index (κ3) is 4.36. The standard InChI is InChI=1S/C18H21NO4/c1-13-4-2-5-14(10-13)22-12-16-7-8-17(23-16)18(20)19-11-15-6-3-9-21-15/h2,4-5,7-8,10,15H,3,6,9,11-12H2,1H3,(H,19,20). The Balaban J connectivity index is 1.49. The van der Waals surface area contributed by atoms with Crippen LogP contribution in [-0.2, 0) is 11.3 Å². The monoisotopic (exact) mass is 315 g/mol. The minimum absolute atomic E-state index is 0.123. The Bertz CT molecular complexity index is 659. The highest BCUT2D eigenvalue weighted by molar-refractivity contribution is 5.91. The number of ether oxygens (including phenoxy) is 2. The van der Waals surface area contributed by atoms with Gasteiger partial charge >= 0.3 is 0 Å². The number of carbonyl (C=O) groups is 1. The predicted molar refractivity (Wildman–Crippen MR) is 85.5 cm³/mol. The van der Waals surface area contributed by atoms with Gasteiger partial charge in [-0.25, -0.2) is 0 Å². The van der Waals surface area contributed by atoms with Crippen LogP contribution < -0.4 is 10.1 Å². The molecular formula is C18H21NO4. The highest BCUT2D eigenvalue weighted by Gasteiger charge is 2.18. The molecule has 0 saturated carbocycles. The van der Waals surface area contributed by atoms with E-state index in [1.165, 1.54) is 0 Å². The number of hydrogen-bond acceptors (Lipinski definition) is 4. The summed E-state index contributed by atoms with van der Waals surface area (Å²) in [6, 6.07) is 11.2. The number of furan rings is 1. The summed E-state index contributed by atoms with van der Waals surface area (Å²) in [6.45, 7) is 3.61. The molecule has 1 aliphatic rings. The lowest BCUT2D eigenvalue weighted by molar-refractivity contribution is 0.0832. The molecule has 0 radical (unpaired) electrons. The zero-order valence-corrected chi connectivity index (χ0v) is 13.2. The molecule has 5 heteroatoms. The second-order valence-electron chi connectivity index (χ2n) is 5.72. The molecule has 0 spiro atoms. The van der Waals surface area contributed by atoms with Crippen molar-refractivity contribution in [3.63, 3.8) is 0 Å². The molecule has 3 rings (SSSR count). The quantitative estimate of drug-likeness (QED) is 0.890. The fourth-order valence-corrected chi connectivity index (χ4v) is 2.54. The van der Waals surface area contributed by atoms with Gasteiger partial charge in [0.05, 0.1) is 6.10 Å². The molecule has 5 nitrogen and oxygen atoms in total. The van der Waals surface area contributed by atoms with Crippen LogP contribution in [0.5, 0.6) is 5.75 Å². The SMILES string of the molecule is Cc1cccc(OCc2ccc(C(=O)NCC3CCCO3)o2)c1. The van der Waals surface area contributed by atoms with Crippen molar-refractivity contribution in [1.29, 1.82) is 0 Å². The molecule has 2 heterocycles. The summed E-state index contributed by atoms with van der Waals surface area (Å²) in [7, 11) is 0. The van der Waals surface area contributed by atoms with E-state index in [0.717, 1.165) is 30.8 Å². The van der Waals surface area contributed by atoms with Crippen molar-refractivity contribution in [3.8, 4) is 5.75 Å². The zero-order valence-electron chi connectivity index (χ0n) is 13.2. The molecule has 1 N–H and O–H groups in total. The highest BCUT2D eigenvalue weighted by atomic mass is 16.5. The lowest BCUT2D eigenvalue weighted by Gasteiger charge is -2.09. The normalized spacial score (nSPS) is 17.2. The summed E-state index contributed by atoms with van der Waals surface area (Å²) in [6.07, 6.45) is 2.17. The van der Waals surface area contributed by atoms with Crippen LogP contribution in [0.25, 0.3) is 0 Å². The Morgan fingerprint density at radius 1 is 1.35 bits per heavy atom. The van der Waals surface area contributed by atoms with Gasteiger partial charge in [-0.3, -0.25) is 4.79 Å². The fraction of sp³-hybridized carbons (Fsp3) is 0.389. The number of rotatable bonds is 6. The van der Waals surface area contributed by atoms with Crippen molar-refractivity contribution < 1.29 is 18.7 Å². The Hall–Kier alpha value is -2.27. The van der Waals surface area contributed by atoms with E-state index in [9.17, 15) is 4.79 Å². The first-order chi connectivity index (χ1) is 11.2. The Morgan fingerprint density at radius 3 is 3.04 bits per heavy atom. The molecule has 1 aliphatic heterocycles. The first-order valence-corrected chi connectivity index (χ1v) is 7.89. The average molecular weight is 315 g/mol. The molecule has 1 aromatic heterocycles. The van der Waals surface area contributed by atoms with Crippen LogP contribution in [0.1, 0.15) is 34.7 Å². The van der Waals surface area contributed by atoms with E-state index in [4.69, 9.17) is 13.9 Å². The minimum Gasteiger partial charge on any atom is -0.486 e. The molecule has 2 aromatic rings. The predicted octanol–water partition coefficient (Wildman–Crippen LogP) is 3.08. The second-order valence-corrected chi connectivity index (χ2v) is 5.72. The van der Waals surface area contributed by atoms with Crippen LogP contribution in [0.4, 0.5) is 0 Å². The van der Waals surface area contributed by atoms with Crippen molar-refractivity contribution in [3.05, 3.63) is 53.5 Å². The molecular weight excluding hydrogens is 294 g/mol. The molecule has 23 heavy (non-hydrogen) atoms. The van der Waals surface area contributed by atoms with E-state index in [2.05, 4.69) is 5.32 Å². The van der Waals surface area contributed by atoms with Crippen LogP contribution in [0.2, 0.25) is 0 Å². The maximum Gasteiger partial charge on any atom is 0.287 e. The largest absolute Gasteiger partial charge is 0.486 e. The summed E-state index contributed by atoms with van der Waals surface area (Å²) in [5, 5.41) is 2.84. The number of amides is 1. The van der Waals surface area contributed by atoms with Gasteiger partial charge < -0.3 is 19.2 Å². The Kier molecular flexibility index (Phi) is 4.98. The average Bonchev–Trinajstić information content (AvgIpc) is 3.22. The van der Waals surface area contributed by atoms with E-state index in [0.29, 0.717) is 24.7 Å². The number of benzene rings is 1. The first kappa shape index (κ1) is 15.6. The van der Waals surface area contributed by atoms with Gasteiger partial charge in [0.25, 0.3) is 5.91 Å². The third-order valence-electron chi connectivity index (χ3n) is 3.77. The fourth-order valence-electron chi connectivity index (χ4n) is 2.54. The minimum atomic E-state index is -0.220. The van der Waals surface area contributed by atoms with Gasteiger partial charge in [0, 0.05) is 13.2 Å². The zero-order chi connectivity index (χ0) is 16.1. The number of nitrogens with one attached hydrogen (secondary N) is 1. The highest BCUT2D eigenvalue weighted by Crippen LogP contribution is 2.16. The van der Waals surface area contributed by atoms with Crippen molar-refractivity contribution in [1.82, 2.24) is 5.32 Å². The van der Waals surface area contributed by atoms with Crippen molar-refractivity contribution in [2.75, 3.05) is 13.2 Å². The van der Waals surface area contributed by atoms with Crippen LogP contribution >= 0.6 is 0 Å².